The largest absolute Gasteiger partial charge is 0.368 e. The first-order valence-corrected chi connectivity index (χ1v) is 8.60. The molecule has 0 spiro atoms. The van der Waals surface area contributed by atoms with Gasteiger partial charge in [0.05, 0.1) is 12.6 Å². The van der Waals surface area contributed by atoms with E-state index in [1.807, 2.05) is 67.3 Å². The van der Waals surface area contributed by atoms with Crippen LogP contribution in [0.1, 0.15) is 19.4 Å². The van der Waals surface area contributed by atoms with Crippen molar-refractivity contribution in [1.29, 1.82) is 0 Å². The minimum atomic E-state index is -0.579. The highest BCUT2D eigenvalue weighted by Gasteiger charge is 2.18. The van der Waals surface area contributed by atoms with Gasteiger partial charge in [-0.25, -0.2) is 0 Å². The number of nitrogens with two attached hydrogens (primary N) is 2. The molecule has 2 rings (SSSR count). The van der Waals surface area contributed by atoms with Crippen molar-refractivity contribution >= 4 is 23.2 Å². The zero-order valence-corrected chi connectivity index (χ0v) is 15.2. The fraction of sp³-hybridized carbons (Fsp3) is 0.300. The van der Waals surface area contributed by atoms with Crippen molar-refractivity contribution in [3.05, 3.63) is 60.2 Å². The van der Waals surface area contributed by atoms with Crippen LogP contribution in [-0.4, -0.2) is 24.4 Å². The fourth-order valence-corrected chi connectivity index (χ4v) is 2.54. The van der Waals surface area contributed by atoms with Gasteiger partial charge in [0.2, 0.25) is 11.8 Å². The molecule has 0 aromatic heterocycles. The second-order valence-corrected chi connectivity index (χ2v) is 6.62. The number of carbonyl (C=O) groups is 2. The molecular formula is C20H26N4O2. The molecular weight excluding hydrogens is 328 g/mol. The number of benzene rings is 2. The van der Waals surface area contributed by atoms with Crippen molar-refractivity contribution in [3.8, 4) is 0 Å². The number of rotatable bonds is 8. The van der Waals surface area contributed by atoms with Crippen LogP contribution in [-0.2, 0) is 16.1 Å². The molecule has 0 saturated heterocycles. The minimum absolute atomic E-state index is 0.0441. The molecule has 0 heterocycles. The van der Waals surface area contributed by atoms with E-state index in [1.54, 1.807) is 6.07 Å². The molecule has 1 atom stereocenters. The Morgan fingerprint density at radius 2 is 1.77 bits per heavy atom. The summed E-state index contributed by atoms with van der Waals surface area (Å²) in [6.45, 7) is 4.41. The molecule has 0 unspecified atom stereocenters. The van der Waals surface area contributed by atoms with Gasteiger partial charge in [-0.2, -0.15) is 0 Å². The molecule has 0 fully saturated rings. The van der Waals surface area contributed by atoms with Gasteiger partial charge in [-0.05, 0) is 29.7 Å². The first-order valence-electron chi connectivity index (χ1n) is 8.60. The van der Waals surface area contributed by atoms with Crippen LogP contribution in [0.4, 0.5) is 11.4 Å². The Morgan fingerprint density at radius 1 is 1.08 bits per heavy atom. The van der Waals surface area contributed by atoms with Gasteiger partial charge in [0.25, 0.3) is 0 Å². The average Bonchev–Trinajstić information content (AvgIpc) is 2.61. The van der Waals surface area contributed by atoms with Gasteiger partial charge in [-0.1, -0.05) is 50.2 Å². The zero-order chi connectivity index (χ0) is 19.1. The number of hydrogen-bond donors (Lipinski definition) is 3. The Bertz CT molecular complexity index is 746. The summed E-state index contributed by atoms with van der Waals surface area (Å²) in [5.41, 5.74) is 13.8. The summed E-state index contributed by atoms with van der Waals surface area (Å²) in [7, 11) is 0. The smallest absolute Gasteiger partial charge is 0.241 e. The SMILES string of the molecule is CC(C)[C@H](N)C(=O)Nc1cccc(N(CC(N)=O)Cc2ccccc2)c1. The second-order valence-electron chi connectivity index (χ2n) is 6.62. The van der Waals surface area contributed by atoms with Crippen LogP contribution in [0.3, 0.4) is 0 Å². The van der Waals surface area contributed by atoms with Gasteiger partial charge in [0, 0.05) is 17.9 Å². The minimum Gasteiger partial charge on any atom is -0.368 e. The number of nitrogens with one attached hydrogen (secondary N) is 1. The third kappa shape index (κ3) is 5.60. The number of primary amides is 1. The van der Waals surface area contributed by atoms with Crippen LogP contribution in [0.5, 0.6) is 0 Å². The van der Waals surface area contributed by atoms with E-state index < -0.39 is 11.9 Å². The fourth-order valence-electron chi connectivity index (χ4n) is 2.54. The van der Waals surface area contributed by atoms with E-state index in [1.165, 1.54) is 0 Å². The molecule has 6 heteroatoms. The molecule has 0 saturated carbocycles. The normalized spacial score (nSPS) is 11.8. The van der Waals surface area contributed by atoms with E-state index in [4.69, 9.17) is 11.5 Å². The lowest BCUT2D eigenvalue weighted by Gasteiger charge is -2.24. The lowest BCUT2D eigenvalue weighted by Crippen LogP contribution is -2.39. The molecule has 26 heavy (non-hydrogen) atoms. The van der Waals surface area contributed by atoms with Crippen LogP contribution < -0.4 is 21.7 Å². The molecule has 2 amide bonds. The van der Waals surface area contributed by atoms with Gasteiger partial charge in [-0.3, -0.25) is 9.59 Å². The Balaban J connectivity index is 2.20. The van der Waals surface area contributed by atoms with Gasteiger partial charge in [-0.15, -0.1) is 0 Å². The molecule has 0 aliphatic rings. The zero-order valence-electron chi connectivity index (χ0n) is 15.2. The third-order valence-electron chi connectivity index (χ3n) is 4.06. The summed E-state index contributed by atoms with van der Waals surface area (Å²) in [5, 5.41) is 2.83. The van der Waals surface area contributed by atoms with Crippen LogP contribution in [0.2, 0.25) is 0 Å². The Kier molecular flexibility index (Phi) is 6.74. The Hall–Kier alpha value is -2.86. The van der Waals surface area contributed by atoms with Crippen molar-refractivity contribution in [1.82, 2.24) is 0 Å². The first kappa shape index (κ1) is 19.5. The molecule has 5 N–H and O–H groups in total. The van der Waals surface area contributed by atoms with Crippen molar-refractivity contribution in [2.24, 2.45) is 17.4 Å². The molecule has 2 aromatic rings. The van der Waals surface area contributed by atoms with Crippen LogP contribution in [0.15, 0.2) is 54.6 Å². The summed E-state index contributed by atoms with van der Waals surface area (Å²) in [5.74, 6) is -0.610. The lowest BCUT2D eigenvalue weighted by molar-refractivity contribution is -0.118. The maximum atomic E-state index is 12.2. The average molecular weight is 354 g/mol. The van der Waals surface area contributed by atoms with Crippen LogP contribution in [0, 0.1) is 5.92 Å². The van der Waals surface area contributed by atoms with Gasteiger partial charge < -0.3 is 21.7 Å². The number of amides is 2. The monoisotopic (exact) mass is 354 g/mol. The molecule has 0 aliphatic carbocycles. The van der Waals surface area contributed by atoms with Crippen molar-refractivity contribution in [2.45, 2.75) is 26.4 Å². The van der Waals surface area contributed by atoms with E-state index in [-0.39, 0.29) is 18.4 Å². The maximum Gasteiger partial charge on any atom is 0.241 e. The van der Waals surface area contributed by atoms with Crippen LogP contribution >= 0.6 is 0 Å². The highest BCUT2D eigenvalue weighted by atomic mass is 16.2. The van der Waals surface area contributed by atoms with Gasteiger partial charge in [0.15, 0.2) is 0 Å². The summed E-state index contributed by atoms with van der Waals surface area (Å²) < 4.78 is 0. The van der Waals surface area contributed by atoms with E-state index in [0.717, 1.165) is 11.3 Å². The first-order chi connectivity index (χ1) is 12.4. The summed E-state index contributed by atoms with van der Waals surface area (Å²) in [6.07, 6.45) is 0. The Labute approximate surface area is 154 Å². The second kappa shape index (κ2) is 9.01. The van der Waals surface area contributed by atoms with Crippen LogP contribution in [0.25, 0.3) is 0 Å². The van der Waals surface area contributed by atoms with E-state index in [9.17, 15) is 9.59 Å². The summed E-state index contributed by atoms with van der Waals surface area (Å²) in [6, 6.07) is 16.5. The molecule has 0 aliphatic heterocycles. The quantitative estimate of drug-likeness (QED) is 0.675. The maximum absolute atomic E-state index is 12.2. The van der Waals surface area contributed by atoms with Gasteiger partial charge in [0.1, 0.15) is 0 Å². The number of hydrogen-bond acceptors (Lipinski definition) is 4. The number of carbonyl (C=O) groups excluding carboxylic acids is 2. The van der Waals surface area contributed by atoms with Crippen molar-refractivity contribution in [3.63, 3.8) is 0 Å². The predicted molar refractivity (Wildman–Crippen MR) is 105 cm³/mol. The predicted octanol–water partition coefficient (Wildman–Crippen LogP) is 2.10. The molecule has 0 bridgehead atoms. The summed E-state index contributed by atoms with van der Waals surface area (Å²) >= 11 is 0. The number of anilines is 2. The highest BCUT2D eigenvalue weighted by Crippen LogP contribution is 2.22. The summed E-state index contributed by atoms with van der Waals surface area (Å²) in [4.78, 5) is 25.5. The molecule has 6 nitrogen and oxygen atoms in total. The van der Waals surface area contributed by atoms with Gasteiger partial charge >= 0.3 is 0 Å². The van der Waals surface area contributed by atoms with E-state index in [2.05, 4.69) is 5.32 Å². The molecule has 138 valence electrons. The molecule has 2 aromatic carbocycles. The topological polar surface area (TPSA) is 101 Å². The third-order valence-corrected chi connectivity index (χ3v) is 4.06. The van der Waals surface area contributed by atoms with E-state index >= 15 is 0 Å². The number of nitrogens with zero attached hydrogens (tertiary/aromatic N) is 1. The van der Waals surface area contributed by atoms with E-state index in [0.29, 0.717) is 12.2 Å². The molecule has 0 radical (unpaired) electrons. The van der Waals surface area contributed by atoms with Crippen molar-refractivity contribution < 1.29 is 9.59 Å². The lowest BCUT2D eigenvalue weighted by atomic mass is 10.0. The Morgan fingerprint density at radius 3 is 2.38 bits per heavy atom. The van der Waals surface area contributed by atoms with Crippen molar-refractivity contribution in [2.75, 3.05) is 16.8 Å². The highest BCUT2D eigenvalue weighted by molar-refractivity contribution is 5.95. The standard InChI is InChI=1S/C20H26N4O2/c1-14(2)19(22)20(26)23-16-9-6-10-17(11-16)24(13-18(21)25)12-15-7-4-3-5-8-15/h3-11,14,19H,12-13,22H2,1-2H3,(H2,21,25)(H,23,26)/t19-/m0/s1.